The smallest absolute Gasteiger partial charge is 0.267 e. The number of halogens is 1. The Morgan fingerprint density at radius 1 is 1.45 bits per heavy atom. The van der Waals surface area contributed by atoms with Gasteiger partial charge in [0.25, 0.3) is 5.91 Å². The van der Waals surface area contributed by atoms with E-state index >= 15 is 0 Å². The number of hydrogen-bond acceptors (Lipinski definition) is 3. The maximum atomic E-state index is 12.2. The Labute approximate surface area is 136 Å². The van der Waals surface area contributed by atoms with Crippen molar-refractivity contribution >= 4 is 23.2 Å². The van der Waals surface area contributed by atoms with E-state index in [-0.39, 0.29) is 5.57 Å². The Bertz CT molecular complexity index is 625. The number of benzene rings is 1. The molecule has 0 radical (unpaired) electrons. The van der Waals surface area contributed by atoms with Gasteiger partial charge in [0, 0.05) is 30.0 Å². The van der Waals surface area contributed by atoms with Crippen LogP contribution in [0.15, 0.2) is 30.0 Å². The summed E-state index contributed by atoms with van der Waals surface area (Å²) in [5, 5.41) is 12.5. The quantitative estimate of drug-likeness (QED) is 0.682. The van der Waals surface area contributed by atoms with E-state index in [9.17, 15) is 10.1 Å². The normalized spacial score (nSPS) is 16.3. The lowest BCUT2D eigenvalue weighted by molar-refractivity contribution is -0.112. The summed E-state index contributed by atoms with van der Waals surface area (Å²) >= 11 is 6.04. The Morgan fingerprint density at radius 2 is 2.14 bits per heavy atom. The van der Waals surface area contributed by atoms with Gasteiger partial charge in [0.15, 0.2) is 0 Å². The molecule has 0 unspecified atom stereocenters. The first kappa shape index (κ1) is 16.4. The molecule has 1 aliphatic rings. The highest BCUT2D eigenvalue weighted by molar-refractivity contribution is 6.31. The summed E-state index contributed by atoms with van der Waals surface area (Å²) in [6.45, 7) is 5.89. The van der Waals surface area contributed by atoms with Gasteiger partial charge in [0.05, 0.1) is 0 Å². The fourth-order valence-corrected chi connectivity index (χ4v) is 2.53. The van der Waals surface area contributed by atoms with Gasteiger partial charge in [-0.3, -0.25) is 4.79 Å². The molecule has 22 heavy (non-hydrogen) atoms. The zero-order valence-corrected chi connectivity index (χ0v) is 13.7. The first-order chi connectivity index (χ1) is 10.5. The van der Waals surface area contributed by atoms with Crippen molar-refractivity contribution in [1.29, 1.82) is 5.26 Å². The van der Waals surface area contributed by atoms with Crippen LogP contribution in [0.3, 0.4) is 0 Å². The number of rotatable bonds is 3. The molecule has 4 nitrogen and oxygen atoms in total. The monoisotopic (exact) mass is 317 g/mol. The minimum absolute atomic E-state index is 0.117. The van der Waals surface area contributed by atoms with Gasteiger partial charge in [-0.15, -0.1) is 0 Å². The summed E-state index contributed by atoms with van der Waals surface area (Å²) in [5.74, 6) is 0.305. The van der Waals surface area contributed by atoms with Crippen LogP contribution < -0.4 is 5.32 Å². The van der Waals surface area contributed by atoms with Crippen molar-refractivity contribution in [1.82, 2.24) is 4.90 Å². The van der Waals surface area contributed by atoms with Crippen LogP contribution in [0.25, 0.3) is 0 Å². The maximum absolute atomic E-state index is 12.2. The molecule has 116 valence electrons. The van der Waals surface area contributed by atoms with Crippen molar-refractivity contribution in [2.75, 3.05) is 18.4 Å². The number of aryl methyl sites for hydroxylation is 1. The van der Waals surface area contributed by atoms with Gasteiger partial charge in [0.2, 0.25) is 0 Å². The highest BCUT2D eigenvalue weighted by atomic mass is 35.5. The lowest BCUT2D eigenvalue weighted by Crippen LogP contribution is -2.29. The molecule has 1 saturated heterocycles. The molecule has 1 N–H and O–H groups in total. The van der Waals surface area contributed by atoms with E-state index < -0.39 is 5.91 Å². The van der Waals surface area contributed by atoms with Crippen molar-refractivity contribution < 1.29 is 4.79 Å². The largest absolute Gasteiger partial charge is 0.376 e. The van der Waals surface area contributed by atoms with Crippen LogP contribution >= 0.6 is 11.6 Å². The van der Waals surface area contributed by atoms with Gasteiger partial charge in [-0.1, -0.05) is 24.6 Å². The second-order valence-electron chi connectivity index (χ2n) is 5.79. The number of anilines is 1. The third-order valence-corrected chi connectivity index (χ3v) is 4.33. The number of carbonyl (C=O) groups excluding carboxylic acids is 1. The molecule has 2 rings (SSSR count). The Kier molecular flexibility index (Phi) is 5.46. The van der Waals surface area contributed by atoms with Gasteiger partial charge in [-0.25, -0.2) is 0 Å². The number of nitrogens with one attached hydrogen (secondary N) is 1. The minimum Gasteiger partial charge on any atom is -0.376 e. The number of nitriles is 1. The Morgan fingerprint density at radius 3 is 2.73 bits per heavy atom. The van der Waals surface area contributed by atoms with Crippen LogP contribution in [0, 0.1) is 24.2 Å². The summed E-state index contributed by atoms with van der Waals surface area (Å²) in [6.07, 6.45) is 3.84. The summed E-state index contributed by atoms with van der Waals surface area (Å²) in [4.78, 5) is 14.2. The molecular formula is C17H20ClN3O. The van der Waals surface area contributed by atoms with Crippen molar-refractivity contribution in [3.8, 4) is 6.07 Å². The highest BCUT2D eigenvalue weighted by Gasteiger charge is 2.16. The second-order valence-corrected chi connectivity index (χ2v) is 6.20. The average molecular weight is 318 g/mol. The summed E-state index contributed by atoms with van der Waals surface area (Å²) in [7, 11) is 0. The molecule has 0 saturated carbocycles. The lowest BCUT2D eigenvalue weighted by atomic mass is 9.99. The summed E-state index contributed by atoms with van der Waals surface area (Å²) < 4.78 is 0. The van der Waals surface area contributed by atoms with Crippen LogP contribution in [0.2, 0.25) is 5.02 Å². The maximum Gasteiger partial charge on any atom is 0.267 e. The van der Waals surface area contributed by atoms with Crippen molar-refractivity contribution in [2.45, 2.75) is 26.7 Å². The molecule has 1 aromatic carbocycles. The number of carbonyl (C=O) groups is 1. The summed E-state index contributed by atoms with van der Waals surface area (Å²) in [5.41, 5.74) is 1.65. The number of hydrogen-bond donors (Lipinski definition) is 1. The topological polar surface area (TPSA) is 56.1 Å². The predicted molar refractivity (Wildman–Crippen MR) is 88.5 cm³/mol. The van der Waals surface area contributed by atoms with Crippen LogP contribution in [0.4, 0.5) is 5.69 Å². The van der Waals surface area contributed by atoms with Crippen molar-refractivity contribution in [2.24, 2.45) is 5.92 Å². The molecule has 0 aliphatic carbocycles. The number of piperidine rings is 1. The van der Waals surface area contributed by atoms with Crippen LogP contribution in [-0.4, -0.2) is 23.9 Å². The van der Waals surface area contributed by atoms with Crippen LogP contribution in [-0.2, 0) is 4.79 Å². The number of amides is 1. The molecule has 1 fully saturated rings. The second kappa shape index (κ2) is 7.33. The molecule has 0 atom stereocenters. The van der Waals surface area contributed by atoms with Gasteiger partial charge in [-0.2, -0.15) is 5.26 Å². The third kappa shape index (κ3) is 4.25. The minimum atomic E-state index is -0.402. The molecule has 0 aromatic heterocycles. The van der Waals surface area contributed by atoms with Crippen molar-refractivity contribution in [3.63, 3.8) is 0 Å². The molecule has 0 bridgehead atoms. The van der Waals surface area contributed by atoms with E-state index in [0.717, 1.165) is 31.5 Å². The van der Waals surface area contributed by atoms with E-state index in [1.54, 1.807) is 18.3 Å². The van der Waals surface area contributed by atoms with Gasteiger partial charge in [-0.05, 0) is 43.4 Å². The Balaban J connectivity index is 2.05. The molecular weight excluding hydrogens is 298 g/mol. The number of nitrogens with zero attached hydrogens (tertiary/aromatic N) is 2. The SMILES string of the molecule is Cc1ccc(NC(=O)/C(C#N)=C\N2CCC(C)CC2)cc1Cl. The van der Waals surface area contributed by atoms with E-state index in [4.69, 9.17) is 11.6 Å². The molecule has 0 spiro atoms. The predicted octanol–water partition coefficient (Wildman–Crippen LogP) is 3.73. The van der Waals surface area contributed by atoms with E-state index in [2.05, 4.69) is 12.2 Å². The van der Waals surface area contributed by atoms with Gasteiger partial charge < -0.3 is 10.2 Å². The van der Waals surface area contributed by atoms with Crippen molar-refractivity contribution in [3.05, 3.63) is 40.6 Å². The first-order valence-corrected chi connectivity index (χ1v) is 7.81. The van der Waals surface area contributed by atoms with Gasteiger partial charge in [0.1, 0.15) is 11.6 Å². The number of likely N-dealkylation sites (tertiary alicyclic amines) is 1. The van der Waals surface area contributed by atoms with E-state index in [1.807, 2.05) is 24.0 Å². The zero-order chi connectivity index (χ0) is 16.1. The Hall–Kier alpha value is -1.99. The lowest BCUT2D eigenvalue weighted by Gasteiger charge is -2.29. The fourth-order valence-electron chi connectivity index (χ4n) is 2.35. The van der Waals surface area contributed by atoms with Gasteiger partial charge >= 0.3 is 0 Å². The van der Waals surface area contributed by atoms with Crippen LogP contribution in [0.1, 0.15) is 25.3 Å². The summed E-state index contributed by atoms with van der Waals surface area (Å²) in [6, 6.07) is 7.28. The highest BCUT2D eigenvalue weighted by Crippen LogP contribution is 2.21. The zero-order valence-electron chi connectivity index (χ0n) is 12.9. The molecule has 1 amide bonds. The fraction of sp³-hybridized carbons (Fsp3) is 0.412. The van der Waals surface area contributed by atoms with Crippen LogP contribution in [0.5, 0.6) is 0 Å². The molecule has 1 heterocycles. The standard InChI is InChI=1S/C17H20ClN3O/c1-12-5-7-21(8-6-12)11-14(10-19)17(22)20-15-4-3-13(2)16(18)9-15/h3-4,9,11-12H,5-8H2,1-2H3,(H,20,22)/b14-11-. The van der Waals surface area contributed by atoms with E-state index in [1.165, 1.54) is 0 Å². The molecule has 5 heteroatoms. The average Bonchev–Trinajstić information content (AvgIpc) is 2.50. The molecule has 1 aliphatic heterocycles. The van der Waals surface area contributed by atoms with E-state index in [0.29, 0.717) is 16.6 Å². The third-order valence-electron chi connectivity index (χ3n) is 3.92. The first-order valence-electron chi connectivity index (χ1n) is 7.43. The molecule has 1 aromatic rings.